The van der Waals surface area contributed by atoms with Crippen molar-refractivity contribution in [2.45, 2.75) is 36.0 Å². The second-order valence-electron chi connectivity index (χ2n) is 5.33. The Morgan fingerprint density at radius 1 is 0.759 bits per heavy atom. The van der Waals surface area contributed by atoms with Gasteiger partial charge in [0.1, 0.15) is 0 Å². The average molecular weight is 490 g/mol. The van der Waals surface area contributed by atoms with Crippen molar-refractivity contribution in [2.75, 3.05) is 5.32 Å². The molecule has 0 unspecified atom stereocenters. The van der Waals surface area contributed by atoms with Crippen molar-refractivity contribution in [2.24, 2.45) is 0 Å². The molecular weight excluding hydrogens is 485 g/mol. The first-order chi connectivity index (χ1) is 12.7. The number of anilines is 1. The second-order valence-corrected chi connectivity index (χ2v) is 6.21. The Morgan fingerprint density at radius 3 is 1.55 bits per heavy atom. The fourth-order valence-electron chi connectivity index (χ4n) is 1.72. The van der Waals surface area contributed by atoms with Crippen molar-refractivity contribution in [3.05, 3.63) is 28.2 Å². The van der Waals surface area contributed by atoms with Gasteiger partial charge in [0.05, 0.1) is 0 Å². The first-order valence-corrected chi connectivity index (χ1v) is 7.44. The second kappa shape index (κ2) is 7.60. The molecule has 0 aliphatic heterocycles. The lowest BCUT2D eigenvalue weighted by molar-refractivity contribution is -0.406. The Morgan fingerprint density at radius 2 is 1.17 bits per heavy atom. The van der Waals surface area contributed by atoms with Gasteiger partial charge in [-0.1, -0.05) is 23.2 Å². The molecule has 1 rings (SSSR count). The summed E-state index contributed by atoms with van der Waals surface area (Å²) >= 11 is 10.8. The molecular formula is C13H5Cl2F12NO. The molecule has 0 atom stereocenters. The van der Waals surface area contributed by atoms with Crippen LogP contribution in [0.3, 0.4) is 0 Å². The Kier molecular flexibility index (Phi) is 6.67. The van der Waals surface area contributed by atoms with E-state index in [1.165, 1.54) is 0 Å². The van der Waals surface area contributed by atoms with Gasteiger partial charge in [0.2, 0.25) is 0 Å². The molecule has 0 bridgehead atoms. The summed E-state index contributed by atoms with van der Waals surface area (Å²) in [7, 11) is 0. The number of carbonyl (C=O) groups excluding carboxylic acids is 1. The topological polar surface area (TPSA) is 29.1 Å². The number of amides is 1. The van der Waals surface area contributed by atoms with Crippen molar-refractivity contribution >= 4 is 34.8 Å². The van der Waals surface area contributed by atoms with Crippen molar-refractivity contribution in [1.29, 1.82) is 0 Å². The van der Waals surface area contributed by atoms with E-state index in [4.69, 9.17) is 23.2 Å². The van der Waals surface area contributed by atoms with Crippen molar-refractivity contribution in [3.8, 4) is 0 Å². The standard InChI is InChI=1S/C13H5Cl2F12NO/c14-4-1-5(15)3-6(2-4)28-8(29)10(20,21)12(24,25)13(26,27)11(22,23)9(18,19)7(16)17/h1-3,7H,(H,28,29). The van der Waals surface area contributed by atoms with E-state index < -0.39 is 47.6 Å². The highest BCUT2D eigenvalue weighted by Gasteiger charge is 2.89. The molecule has 0 radical (unpaired) electrons. The minimum atomic E-state index is -7.80. The van der Waals surface area contributed by atoms with Gasteiger partial charge in [-0.3, -0.25) is 4.79 Å². The predicted molar refractivity (Wildman–Crippen MR) is 75.8 cm³/mol. The SMILES string of the molecule is O=C(Nc1cc(Cl)cc(Cl)c1)C(F)(F)C(F)(F)C(F)(F)C(F)(F)C(F)(F)C(F)F. The fourth-order valence-corrected chi connectivity index (χ4v) is 2.24. The Hall–Kier alpha value is -1.57. The molecule has 0 aliphatic rings. The summed E-state index contributed by atoms with van der Waals surface area (Å²) in [6.07, 6.45) is -5.63. The van der Waals surface area contributed by atoms with Gasteiger partial charge < -0.3 is 5.32 Å². The van der Waals surface area contributed by atoms with Gasteiger partial charge in [0.15, 0.2) is 0 Å². The summed E-state index contributed by atoms with van der Waals surface area (Å²) in [4.78, 5) is 11.3. The minimum Gasteiger partial charge on any atom is -0.321 e. The van der Waals surface area contributed by atoms with Crippen LogP contribution in [0.1, 0.15) is 0 Å². The number of hydrogen-bond donors (Lipinski definition) is 1. The van der Waals surface area contributed by atoms with Gasteiger partial charge >= 0.3 is 41.9 Å². The van der Waals surface area contributed by atoms with Gasteiger partial charge in [-0.05, 0) is 18.2 Å². The number of nitrogens with one attached hydrogen (secondary N) is 1. The summed E-state index contributed by atoms with van der Waals surface area (Å²) in [5.41, 5.74) is -0.893. The van der Waals surface area contributed by atoms with Crippen LogP contribution in [0.4, 0.5) is 58.4 Å². The van der Waals surface area contributed by atoms with E-state index in [1.807, 2.05) is 0 Å². The van der Waals surface area contributed by atoms with Gasteiger partial charge in [0.25, 0.3) is 0 Å². The highest BCUT2D eigenvalue weighted by molar-refractivity contribution is 6.35. The van der Waals surface area contributed by atoms with Gasteiger partial charge in [-0.25, -0.2) is 8.78 Å². The third-order valence-electron chi connectivity index (χ3n) is 3.28. The third-order valence-corrected chi connectivity index (χ3v) is 3.72. The van der Waals surface area contributed by atoms with Crippen LogP contribution < -0.4 is 5.32 Å². The van der Waals surface area contributed by atoms with Crippen LogP contribution in [0.2, 0.25) is 10.0 Å². The Bertz CT molecular complexity index is 763. The monoisotopic (exact) mass is 489 g/mol. The Labute approximate surface area is 162 Å². The van der Waals surface area contributed by atoms with E-state index in [0.717, 1.165) is 11.4 Å². The first kappa shape index (κ1) is 25.5. The van der Waals surface area contributed by atoms with Crippen LogP contribution >= 0.6 is 23.2 Å². The fraction of sp³-hybridized carbons (Fsp3) is 0.462. The highest BCUT2D eigenvalue weighted by Crippen LogP contribution is 2.58. The lowest BCUT2D eigenvalue weighted by Crippen LogP contribution is -2.70. The van der Waals surface area contributed by atoms with Gasteiger partial charge in [-0.15, -0.1) is 0 Å². The Balaban J connectivity index is 3.37. The molecule has 1 N–H and O–H groups in total. The summed E-state index contributed by atoms with van der Waals surface area (Å²) in [5.74, 6) is -40.3. The number of hydrogen-bond acceptors (Lipinski definition) is 1. The number of carbonyl (C=O) groups is 1. The lowest BCUT2D eigenvalue weighted by atomic mass is 9.94. The lowest BCUT2D eigenvalue weighted by Gasteiger charge is -2.38. The van der Waals surface area contributed by atoms with E-state index in [9.17, 15) is 57.5 Å². The molecule has 166 valence electrons. The minimum absolute atomic E-state index is 0.378. The predicted octanol–water partition coefficient (Wildman–Crippen LogP) is 6.37. The summed E-state index contributed by atoms with van der Waals surface area (Å²) in [5, 5.41) is 0.146. The molecule has 0 heterocycles. The van der Waals surface area contributed by atoms with Crippen LogP contribution in [0.5, 0.6) is 0 Å². The van der Waals surface area contributed by atoms with Crippen molar-refractivity contribution < 1.29 is 57.5 Å². The van der Waals surface area contributed by atoms with E-state index >= 15 is 0 Å². The zero-order valence-electron chi connectivity index (χ0n) is 13.0. The smallest absolute Gasteiger partial charge is 0.321 e. The molecule has 0 spiro atoms. The molecule has 1 aromatic rings. The molecule has 0 saturated heterocycles. The zero-order valence-corrected chi connectivity index (χ0v) is 14.5. The molecule has 1 aromatic carbocycles. The van der Waals surface area contributed by atoms with Crippen LogP contribution in [-0.2, 0) is 4.79 Å². The van der Waals surface area contributed by atoms with Crippen LogP contribution in [0.15, 0.2) is 18.2 Å². The van der Waals surface area contributed by atoms with E-state index in [1.54, 1.807) is 0 Å². The maximum atomic E-state index is 13.6. The summed E-state index contributed by atoms with van der Waals surface area (Å²) < 4.78 is 156. The summed E-state index contributed by atoms with van der Waals surface area (Å²) in [6, 6.07) is 2.14. The molecule has 16 heteroatoms. The van der Waals surface area contributed by atoms with Crippen LogP contribution in [0.25, 0.3) is 0 Å². The number of benzene rings is 1. The molecule has 29 heavy (non-hydrogen) atoms. The zero-order chi connectivity index (χ0) is 23.2. The van der Waals surface area contributed by atoms with E-state index in [-0.39, 0.29) is 10.0 Å². The van der Waals surface area contributed by atoms with Gasteiger partial charge in [0, 0.05) is 15.7 Å². The normalized spacial score (nSPS) is 14.3. The maximum Gasteiger partial charge on any atom is 0.393 e. The average Bonchev–Trinajstić information content (AvgIpc) is 2.52. The van der Waals surface area contributed by atoms with Crippen LogP contribution in [0, 0.1) is 0 Å². The first-order valence-electron chi connectivity index (χ1n) is 6.68. The van der Waals surface area contributed by atoms with E-state index in [2.05, 4.69) is 0 Å². The molecule has 0 aliphatic carbocycles. The molecule has 2 nitrogen and oxygen atoms in total. The summed E-state index contributed by atoms with van der Waals surface area (Å²) in [6.45, 7) is 0. The number of alkyl halides is 12. The number of rotatable bonds is 7. The molecule has 0 fully saturated rings. The number of halogens is 14. The molecule has 1 amide bonds. The largest absolute Gasteiger partial charge is 0.393 e. The van der Waals surface area contributed by atoms with Crippen molar-refractivity contribution in [1.82, 2.24) is 0 Å². The molecule has 0 saturated carbocycles. The third kappa shape index (κ3) is 4.05. The highest BCUT2D eigenvalue weighted by atomic mass is 35.5. The van der Waals surface area contributed by atoms with Crippen LogP contribution in [-0.4, -0.2) is 41.9 Å². The molecule has 0 aromatic heterocycles. The van der Waals surface area contributed by atoms with Gasteiger partial charge in [-0.2, -0.15) is 43.9 Å². The maximum absolute atomic E-state index is 13.6. The van der Waals surface area contributed by atoms with Crippen molar-refractivity contribution in [3.63, 3.8) is 0 Å². The van der Waals surface area contributed by atoms with E-state index in [0.29, 0.717) is 12.1 Å². The quantitative estimate of drug-likeness (QED) is 0.443.